The molecule has 5 heteroatoms. The molecule has 0 saturated carbocycles. The minimum atomic E-state index is -0.127. The summed E-state index contributed by atoms with van der Waals surface area (Å²) in [6.45, 7) is 7.02. The summed E-state index contributed by atoms with van der Waals surface area (Å²) in [5.41, 5.74) is 3.86. The number of aromatic nitrogens is 2. The Morgan fingerprint density at radius 2 is 2.04 bits per heavy atom. The number of carbonyl (C=O) groups is 1. The Bertz CT molecular complexity index is 686. The molecular formula is C19H26N4O. The van der Waals surface area contributed by atoms with Crippen LogP contribution in [0.4, 0.5) is 5.69 Å². The molecule has 1 aromatic heterocycles. The lowest BCUT2D eigenvalue weighted by Crippen LogP contribution is -2.25. The lowest BCUT2D eigenvalue weighted by molar-refractivity contribution is 0.0946. The van der Waals surface area contributed by atoms with Gasteiger partial charge in [0.2, 0.25) is 0 Å². The van der Waals surface area contributed by atoms with Gasteiger partial charge >= 0.3 is 0 Å². The number of hydrogen-bond acceptors (Lipinski definition) is 3. The van der Waals surface area contributed by atoms with Crippen molar-refractivity contribution in [3.8, 4) is 0 Å². The van der Waals surface area contributed by atoms with Gasteiger partial charge in [-0.2, -0.15) is 5.10 Å². The molecule has 2 heterocycles. The van der Waals surface area contributed by atoms with Gasteiger partial charge in [0.15, 0.2) is 0 Å². The van der Waals surface area contributed by atoms with E-state index >= 15 is 0 Å². The second kappa shape index (κ2) is 7.51. The number of hydrogen-bond donors (Lipinski definition) is 2. The Labute approximate surface area is 143 Å². The predicted octanol–water partition coefficient (Wildman–Crippen LogP) is 3.14. The first-order chi connectivity index (χ1) is 11.6. The lowest BCUT2D eigenvalue weighted by Gasteiger charge is -2.21. The number of aromatic amines is 1. The molecule has 1 amide bonds. The molecule has 3 rings (SSSR count). The van der Waals surface area contributed by atoms with E-state index in [9.17, 15) is 4.79 Å². The SMILES string of the molecule is CC(C)Cc1cc(C(=O)NCc2ccccc2N2CCCC2)n[nH]1. The number of carbonyl (C=O) groups excluding carboxylic acids is 1. The van der Waals surface area contributed by atoms with E-state index in [-0.39, 0.29) is 5.91 Å². The zero-order chi connectivity index (χ0) is 16.9. The summed E-state index contributed by atoms with van der Waals surface area (Å²) in [4.78, 5) is 14.7. The standard InChI is InChI=1S/C19H26N4O/c1-14(2)11-16-12-17(22-21-16)19(24)20-13-15-7-3-4-8-18(15)23-9-5-6-10-23/h3-4,7-8,12,14H,5-6,9-11,13H2,1-2H3,(H,20,24)(H,21,22). The second-order valence-corrected chi connectivity index (χ2v) is 6.88. The number of nitrogens with one attached hydrogen (secondary N) is 2. The molecule has 0 bridgehead atoms. The van der Waals surface area contributed by atoms with Gasteiger partial charge in [0.1, 0.15) is 5.69 Å². The van der Waals surface area contributed by atoms with Crippen LogP contribution in [0.25, 0.3) is 0 Å². The van der Waals surface area contributed by atoms with Gasteiger partial charge < -0.3 is 10.2 Å². The fraction of sp³-hybridized carbons (Fsp3) is 0.474. The van der Waals surface area contributed by atoms with Crippen LogP contribution in [0.1, 0.15) is 48.4 Å². The van der Waals surface area contributed by atoms with E-state index in [1.54, 1.807) is 0 Å². The smallest absolute Gasteiger partial charge is 0.272 e. The summed E-state index contributed by atoms with van der Waals surface area (Å²) >= 11 is 0. The molecule has 1 saturated heterocycles. The first-order valence-corrected chi connectivity index (χ1v) is 8.79. The molecule has 2 aromatic rings. The van der Waals surface area contributed by atoms with Crippen LogP contribution >= 0.6 is 0 Å². The minimum Gasteiger partial charge on any atom is -0.371 e. The zero-order valence-electron chi connectivity index (χ0n) is 14.5. The fourth-order valence-corrected chi connectivity index (χ4v) is 3.22. The van der Waals surface area contributed by atoms with Gasteiger partial charge in [-0.25, -0.2) is 0 Å². The van der Waals surface area contributed by atoms with Crippen LogP contribution in [0.2, 0.25) is 0 Å². The number of benzene rings is 1. The van der Waals surface area contributed by atoms with Gasteiger partial charge in [-0.1, -0.05) is 32.0 Å². The van der Waals surface area contributed by atoms with E-state index < -0.39 is 0 Å². The molecule has 0 unspecified atom stereocenters. The highest BCUT2D eigenvalue weighted by Gasteiger charge is 2.16. The Balaban J connectivity index is 1.63. The van der Waals surface area contributed by atoms with Crippen molar-refractivity contribution in [2.24, 2.45) is 5.92 Å². The predicted molar refractivity (Wildman–Crippen MR) is 96.2 cm³/mol. The van der Waals surface area contributed by atoms with Crippen molar-refractivity contribution in [3.63, 3.8) is 0 Å². The molecule has 0 spiro atoms. The Morgan fingerprint density at radius 3 is 2.79 bits per heavy atom. The van der Waals surface area contributed by atoms with E-state index in [0.717, 1.165) is 30.8 Å². The number of amides is 1. The average Bonchev–Trinajstić information content (AvgIpc) is 3.24. The van der Waals surface area contributed by atoms with Crippen LogP contribution in [0.3, 0.4) is 0 Å². The molecule has 0 atom stereocenters. The quantitative estimate of drug-likeness (QED) is 0.857. The van der Waals surface area contributed by atoms with Crippen molar-refractivity contribution in [1.29, 1.82) is 0 Å². The van der Waals surface area contributed by atoms with Gasteiger partial charge in [0.05, 0.1) is 0 Å². The first kappa shape index (κ1) is 16.6. The topological polar surface area (TPSA) is 61.0 Å². The summed E-state index contributed by atoms with van der Waals surface area (Å²) < 4.78 is 0. The van der Waals surface area contributed by atoms with Crippen LogP contribution in [-0.2, 0) is 13.0 Å². The van der Waals surface area contributed by atoms with E-state index in [0.29, 0.717) is 18.2 Å². The van der Waals surface area contributed by atoms with E-state index in [4.69, 9.17) is 0 Å². The van der Waals surface area contributed by atoms with Gasteiger partial charge in [0.25, 0.3) is 5.91 Å². The molecule has 1 aliphatic rings. The molecule has 2 N–H and O–H groups in total. The van der Waals surface area contributed by atoms with Crippen molar-refractivity contribution in [3.05, 3.63) is 47.3 Å². The minimum absolute atomic E-state index is 0.127. The molecule has 0 aliphatic carbocycles. The second-order valence-electron chi connectivity index (χ2n) is 6.88. The number of rotatable bonds is 6. The highest BCUT2D eigenvalue weighted by atomic mass is 16.1. The van der Waals surface area contributed by atoms with E-state index in [1.807, 2.05) is 12.1 Å². The van der Waals surface area contributed by atoms with Crippen LogP contribution in [0.5, 0.6) is 0 Å². The Hall–Kier alpha value is -2.30. The summed E-state index contributed by atoms with van der Waals surface area (Å²) in [5, 5.41) is 10.1. The van der Waals surface area contributed by atoms with Crippen molar-refractivity contribution >= 4 is 11.6 Å². The van der Waals surface area contributed by atoms with Crippen molar-refractivity contribution in [2.45, 2.75) is 39.7 Å². The van der Waals surface area contributed by atoms with E-state index in [1.165, 1.54) is 18.5 Å². The highest BCUT2D eigenvalue weighted by Crippen LogP contribution is 2.24. The van der Waals surface area contributed by atoms with Crippen molar-refractivity contribution < 1.29 is 4.79 Å². The lowest BCUT2D eigenvalue weighted by atomic mass is 10.1. The van der Waals surface area contributed by atoms with Crippen molar-refractivity contribution in [2.75, 3.05) is 18.0 Å². The molecule has 1 aliphatic heterocycles. The third kappa shape index (κ3) is 3.96. The van der Waals surface area contributed by atoms with Gasteiger partial charge in [0, 0.05) is 31.0 Å². The third-order valence-electron chi connectivity index (χ3n) is 4.37. The first-order valence-electron chi connectivity index (χ1n) is 8.79. The van der Waals surface area contributed by atoms with Crippen LogP contribution < -0.4 is 10.2 Å². The fourth-order valence-electron chi connectivity index (χ4n) is 3.22. The normalized spacial score (nSPS) is 14.4. The number of para-hydroxylation sites is 1. The molecular weight excluding hydrogens is 300 g/mol. The summed E-state index contributed by atoms with van der Waals surface area (Å²) in [6, 6.07) is 10.2. The number of H-pyrrole nitrogens is 1. The highest BCUT2D eigenvalue weighted by molar-refractivity contribution is 5.92. The molecule has 0 radical (unpaired) electrons. The molecule has 1 aromatic carbocycles. The maximum Gasteiger partial charge on any atom is 0.272 e. The maximum atomic E-state index is 12.3. The molecule has 5 nitrogen and oxygen atoms in total. The van der Waals surface area contributed by atoms with Gasteiger partial charge in [-0.15, -0.1) is 0 Å². The Kier molecular flexibility index (Phi) is 5.18. The maximum absolute atomic E-state index is 12.3. The summed E-state index contributed by atoms with van der Waals surface area (Å²) in [7, 11) is 0. The van der Waals surface area contributed by atoms with E-state index in [2.05, 4.69) is 52.5 Å². The van der Waals surface area contributed by atoms with Crippen LogP contribution in [0.15, 0.2) is 30.3 Å². The average molecular weight is 326 g/mol. The van der Waals surface area contributed by atoms with Crippen molar-refractivity contribution in [1.82, 2.24) is 15.5 Å². The monoisotopic (exact) mass is 326 g/mol. The number of nitrogens with zero attached hydrogens (tertiary/aromatic N) is 2. The van der Waals surface area contributed by atoms with Gasteiger partial charge in [-0.3, -0.25) is 9.89 Å². The zero-order valence-corrected chi connectivity index (χ0v) is 14.5. The largest absolute Gasteiger partial charge is 0.371 e. The molecule has 1 fully saturated rings. The summed E-state index contributed by atoms with van der Waals surface area (Å²) in [6.07, 6.45) is 3.39. The Morgan fingerprint density at radius 1 is 1.29 bits per heavy atom. The van der Waals surface area contributed by atoms with Crippen LogP contribution in [0, 0.1) is 5.92 Å². The molecule has 24 heavy (non-hydrogen) atoms. The third-order valence-corrected chi connectivity index (χ3v) is 4.37. The van der Waals surface area contributed by atoms with Crippen LogP contribution in [-0.4, -0.2) is 29.2 Å². The van der Waals surface area contributed by atoms with Gasteiger partial charge in [-0.05, 0) is 42.9 Å². The number of anilines is 1. The summed E-state index contributed by atoms with van der Waals surface area (Å²) in [5.74, 6) is 0.409. The molecule has 128 valence electrons.